The Morgan fingerprint density at radius 3 is 2.69 bits per heavy atom. The van der Waals surface area contributed by atoms with Gasteiger partial charge in [0.05, 0.1) is 22.7 Å². The van der Waals surface area contributed by atoms with Gasteiger partial charge in [-0.3, -0.25) is 19.6 Å². The van der Waals surface area contributed by atoms with Gasteiger partial charge in [0.2, 0.25) is 0 Å². The molecule has 0 spiro atoms. The lowest BCUT2D eigenvalue weighted by Crippen LogP contribution is -2.18. The summed E-state index contributed by atoms with van der Waals surface area (Å²) in [7, 11) is 0. The number of phenols is 1. The van der Waals surface area contributed by atoms with Crippen LogP contribution in [0.1, 0.15) is 21.6 Å². The Bertz CT molecular complexity index is 1100. The first-order chi connectivity index (χ1) is 13.8. The van der Waals surface area contributed by atoms with Crippen LogP contribution < -0.4 is 5.43 Å². The fourth-order valence-corrected chi connectivity index (χ4v) is 2.89. The van der Waals surface area contributed by atoms with Gasteiger partial charge in [0.15, 0.2) is 5.69 Å². The van der Waals surface area contributed by atoms with E-state index in [9.17, 15) is 20.0 Å². The molecule has 29 heavy (non-hydrogen) atoms. The third kappa shape index (κ3) is 5.09. The minimum absolute atomic E-state index is 0.000767. The van der Waals surface area contributed by atoms with Crippen LogP contribution in [0.5, 0.6) is 5.75 Å². The lowest BCUT2D eigenvalue weighted by molar-refractivity contribution is -0.384. The van der Waals surface area contributed by atoms with E-state index in [1.165, 1.54) is 41.2 Å². The molecule has 2 N–H and O–H groups in total. The van der Waals surface area contributed by atoms with Gasteiger partial charge in [0, 0.05) is 28.9 Å². The number of nitrogens with zero attached hydrogens (tertiary/aromatic N) is 4. The van der Waals surface area contributed by atoms with Crippen LogP contribution in [-0.4, -0.2) is 31.9 Å². The number of benzene rings is 2. The second-order valence-corrected chi connectivity index (χ2v) is 6.69. The van der Waals surface area contributed by atoms with Crippen molar-refractivity contribution in [3.05, 3.63) is 85.6 Å². The molecule has 1 amide bonds. The van der Waals surface area contributed by atoms with Crippen LogP contribution >= 0.6 is 23.2 Å². The topological polar surface area (TPSA) is 123 Å². The van der Waals surface area contributed by atoms with E-state index in [1.54, 1.807) is 18.3 Å². The zero-order valence-corrected chi connectivity index (χ0v) is 16.1. The molecule has 11 heteroatoms. The number of non-ortho nitro benzene ring substituents is 1. The van der Waals surface area contributed by atoms with E-state index in [0.29, 0.717) is 11.6 Å². The Morgan fingerprint density at radius 1 is 1.28 bits per heavy atom. The molecular weight excluding hydrogens is 421 g/mol. The van der Waals surface area contributed by atoms with E-state index in [4.69, 9.17) is 23.2 Å². The van der Waals surface area contributed by atoms with E-state index in [1.807, 2.05) is 0 Å². The summed E-state index contributed by atoms with van der Waals surface area (Å²) in [6, 6.07) is 10.4. The molecule has 9 nitrogen and oxygen atoms in total. The number of nitrogens with one attached hydrogen (secondary N) is 1. The standard InChI is InChI=1S/C18H13Cl2N5O4/c19-13-7-12(17(26)15(20)8-13)9-21-22-18(27)16-5-6-24(23-16)10-11-1-3-14(4-2-11)25(28)29/h1-9,26H,10H2,(H,22,27)/b21-9-. The van der Waals surface area contributed by atoms with Crippen molar-refractivity contribution < 1.29 is 14.8 Å². The molecule has 0 bridgehead atoms. The number of halogens is 2. The number of aromatic nitrogens is 2. The first-order valence-corrected chi connectivity index (χ1v) is 8.87. The summed E-state index contributed by atoms with van der Waals surface area (Å²) in [5, 5.41) is 28.8. The summed E-state index contributed by atoms with van der Waals surface area (Å²) in [6.45, 7) is 0.337. The van der Waals surface area contributed by atoms with E-state index in [2.05, 4.69) is 15.6 Å². The first-order valence-electron chi connectivity index (χ1n) is 8.11. The van der Waals surface area contributed by atoms with Gasteiger partial charge in [-0.1, -0.05) is 35.3 Å². The van der Waals surface area contributed by atoms with E-state index in [0.717, 1.165) is 5.56 Å². The zero-order valence-electron chi connectivity index (χ0n) is 14.6. The van der Waals surface area contributed by atoms with Crippen LogP contribution in [0.25, 0.3) is 0 Å². The summed E-state index contributed by atoms with van der Waals surface area (Å²) in [5.74, 6) is -0.766. The minimum atomic E-state index is -0.559. The van der Waals surface area contributed by atoms with Gasteiger partial charge < -0.3 is 5.11 Å². The van der Waals surface area contributed by atoms with Crippen molar-refractivity contribution in [1.29, 1.82) is 0 Å². The number of nitro groups is 1. The van der Waals surface area contributed by atoms with Gasteiger partial charge in [-0.05, 0) is 23.8 Å². The molecular formula is C18H13Cl2N5O4. The largest absolute Gasteiger partial charge is 0.506 e. The molecule has 0 atom stereocenters. The van der Waals surface area contributed by atoms with Crippen LogP contribution in [0.15, 0.2) is 53.8 Å². The lowest BCUT2D eigenvalue weighted by Gasteiger charge is -2.03. The van der Waals surface area contributed by atoms with Crippen molar-refractivity contribution in [3.63, 3.8) is 0 Å². The van der Waals surface area contributed by atoms with Gasteiger partial charge in [-0.25, -0.2) is 5.43 Å². The van der Waals surface area contributed by atoms with Crippen LogP contribution in [0.2, 0.25) is 10.0 Å². The van der Waals surface area contributed by atoms with Crippen molar-refractivity contribution in [2.24, 2.45) is 5.10 Å². The van der Waals surface area contributed by atoms with E-state index < -0.39 is 10.8 Å². The Kier molecular flexibility index (Phi) is 6.10. The third-order valence-corrected chi connectivity index (χ3v) is 4.30. The van der Waals surface area contributed by atoms with E-state index in [-0.39, 0.29) is 27.7 Å². The number of hydrogen-bond acceptors (Lipinski definition) is 6. The molecule has 2 aromatic carbocycles. The molecule has 0 saturated carbocycles. The number of phenolic OH excluding ortho intramolecular Hbond substituents is 1. The SMILES string of the molecule is O=C(N/N=C\c1cc(Cl)cc(Cl)c1O)c1ccn(Cc2ccc([N+](=O)[O-])cc2)n1. The molecule has 0 saturated heterocycles. The first kappa shape index (κ1) is 20.3. The van der Waals surface area contributed by atoms with Gasteiger partial charge in [-0.15, -0.1) is 0 Å². The summed E-state index contributed by atoms with van der Waals surface area (Å²) in [6.07, 6.45) is 2.81. The molecule has 0 aliphatic heterocycles. The number of hydrogen-bond donors (Lipinski definition) is 2. The number of carbonyl (C=O) groups is 1. The van der Waals surface area contributed by atoms with Crippen LogP contribution in [0.4, 0.5) is 5.69 Å². The average molecular weight is 434 g/mol. The van der Waals surface area contributed by atoms with Gasteiger partial charge >= 0.3 is 0 Å². The molecule has 1 heterocycles. The number of carbonyl (C=O) groups excluding carboxylic acids is 1. The van der Waals surface area contributed by atoms with Crippen LogP contribution in [0, 0.1) is 10.1 Å². The summed E-state index contributed by atoms with van der Waals surface area (Å²) < 4.78 is 1.52. The lowest BCUT2D eigenvalue weighted by atomic mass is 10.2. The number of hydrazone groups is 1. The molecule has 1 aromatic heterocycles. The molecule has 0 aliphatic rings. The van der Waals surface area contributed by atoms with Crippen molar-refractivity contribution >= 4 is 41.0 Å². The molecule has 0 aliphatic carbocycles. The highest BCUT2D eigenvalue weighted by Gasteiger charge is 2.10. The number of amides is 1. The average Bonchev–Trinajstić information content (AvgIpc) is 3.14. The van der Waals surface area contributed by atoms with Crippen molar-refractivity contribution in [3.8, 4) is 5.75 Å². The van der Waals surface area contributed by atoms with Crippen LogP contribution in [-0.2, 0) is 6.54 Å². The molecule has 148 valence electrons. The van der Waals surface area contributed by atoms with Crippen molar-refractivity contribution in [2.75, 3.05) is 0 Å². The second-order valence-electron chi connectivity index (χ2n) is 5.85. The Labute approximate surface area is 174 Å². The predicted octanol–water partition coefficient (Wildman–Crippen LogP) is 3.62. The van der Waals surface area contributed by atoms with Crippen molar-refractivity contribution in [2.45, 2.75) is 6.54 Å². The number of rotatable bonds is 6. The number of aromatic hydroxyl groups is 1. The monoisotopic (exact) mass is 433 g/mol. The second kappa shape index (κ2) is 8.72. The van der Waals surface area contributed by atoms with Gasteiger partial charge in [0.25, 0.3) is 11.6 Å². The smallest absolute Gasteiger partial charge is 0.291 e. The quantitative estimate of drug-likeness (QED) is 0.349. The highest BCUT2D eigenvalue weighted by molar-refractivity contribution is 6.36. The fourth-order valence-electron chi connectivity index (χ4n) is 2.38. The molecule has 3 aromatic rings. The minimum Gasteiger partial charge on any atom is -0.506 e. The fraction of sp³-hybridized carbons (Fsp3) is 0.0556. The maximum atomic E-state index is 12.1. The normalized spacial score (nSPS) is 11.0. The summed E-state index contributed by atoms with van der Waals surface area (Å²) in [4.78, 5) is 22.4. The van der Waals surface area contributed by atoms with Crippen LogP contribution in [0.3, 0.4) is 0 Å². The van der Waals surface area contributed by atoms with Gasteiger partial charge in [0.1, 0.15) is 5.75 Å². The number of nitro benzene ring substituents is 1. The van der Waals surface area contributed by atoms with E-state index >= 15 is 0 Å². The third-order valence-electron chi connectivity index (χ3n) is 3.79. The summed E-state index contributed by atoms with van der Waals surface area (Å²) >= 11 is 11.7. The highest BCUT2D eigenvalue weighted by atomic mass is 35.5. The maximum Gasteiger partial charge on any atom is 0.291 e. The highest BCUT2D eigenvalue weighted by Crippen LogP contribution is 2.29. The Morgan fingerprint density at radius 2 is 2.00 bits per heavy atom. The molecule has 0 fully saturated rings. The molecule has 0 unspecified atom stereocenters. The maximum absolute atomic E-state index is 12.1. The zero-order chi connectivity index (χ0) is 21.0. The Hall–Kier alpha value is -3.43. The molecule has 3 rings (SSSR count). The summed E-state index contributed by atoms with van der Waals surface area (Å²) in [5.41, 5.74) is 3.45. The van der Waals surface area contributed by atoms with Crippen molar-refractivity contribution in [1.82, 2.24) is 15.2 Å². The molecule has 0 radical (unpaired) electrons. The predicted molar refractivity (Wildman–Crippen MR) is 108 cm³/mol. The van der Waals surface area contributed by atoms with Gasteiger partial charge in [-0.2, -0.15) is 10.2 Å². The Balaban J connectivity index is 1.63.